The number of hydrogen-bond acceptors (Lipinski definition) is 4. The van der Waals surface area contributed by atoms with E-state index in [0.717, 1.165) is 0 Å². The second kappa shape index (κ2) is 2.97. The topological polar surface area (TPSA) is 55.7 Å². The number of benzene rings is 1. The lowest BCUT2D eigenvalue weighted by molar-refractivity contribution is 0.0480. The van der Waals surface area contributed by atoms with Crippen LogP contribution >= 0.6 is 0 Å². The summed E-state index contributed by atoms with van der Waals surface area (Å²) in [5, 5.41) is 2.86. The van der Waals surface area contributed by atoms with Gasteiger partial charge < -0.3 is 4.74 Å². The number of nitrogens with zero attached hydrogens (tertiary/aromatic N) is 1. The smallest absolute Gasteiger partial charge is 0.338 e. The molecule has 13 heavy (non-hydrogen) atoms. The lowest BCUT2D eigenvalue weighted by atomic mass is 10.0. The van der Waals surface area contributed by atoms with Gasteiger partial charge in [-0.15, -0.1) is 4.91 Å². The van der Waals surface area contributed by atoms with E-state index in [9.17, 15) is 9.70 Å². The number of rotatable bonds is 1. The molecule has 1 aliphatic rings. The first kappa shape index (κ1) is 7.91. The maximum atomic E-state index is 11.2. The largest absolute Gasteiger partial charge is 0.462 e. The summed E-state index contributed by atoms with van der Waals surface area (Å²) in [7, 11) is 0. The molecule has 0 N–H and O–H groups in total. The molecular weight excluding hydrogens is 170 g/mol. The van der Waals surface area contributed by atoms with Crippen molar-refractivity contribution >= 4 is 11.7 Å². The highest BCUT2D eigenvalue weighted by molar-refractivity contribution is 5.93. The first-order valence-electron chi connectivity index (χ1n) is 3.95. The van der Waals surface area contributed by atoms with Crippen LogP contribution in [0.15, 0.2) is 23.4 Å². The summed E-state index contributed by atoms with van der Waals surface area (Å²) in [5.74, 6) is -0.369. The average molecular weight is 177 g/mol. The van der Waals surface area contributed by atoms with Crippen molar-refractivity contribution in [3.8, 4) is 0 Å². The van der Waals surface area contributed by atoms with Gasteiger partial charge in [-0.2, -0.15) is 0 Å². The summed E-state index contributed by atoms with van der Waals surface area (Å²) in [6.45, 7) is 0.332. The summed E-state index contributed by atoms with van der Waals surface area (Å²) in [5.41, 5.74) is 1.51. The first-order valence-corrected chi connectivity index (χ1v) is 3.95. The molecule has 4 heteroatoms. The van der Waals surface area contributed by atoms with Gasteiger partial charge in [0.25, 0.3) is 0 Å². The lowest BCUT2D eigenvalue weighted by Gasteiger charge is -2.15. The zero-order valence-electron chi connectivity index (χ0n) is 6.82. The van der Waals surface area contributed by atoms with E-state index in [2.05, 4.69) is 5.18 Å². The molecule has 1 aliphatic heterocycles. The van der Waals surface area contributed by atoms with Crippen molar-refractivity contribution in [1.82, 2.24) is 0 Å². The first-order chi connectivity index (χ1) is 6.33. The van der Waals surface area contributed by atoms with Crippen LogP contribution in [-0.2, 0) is 11.2 Å². The molecule has 1 heterocycles. The normalized spacial score (nSPS) is 14.6. The summed E-state index contributed by atoms with van der Waals surface area (Å²) < 4.78 is 4.82. The minimum Gasteiger partial charge on any atom is -0.462 e. The number of cyclic esters (lactones) is 1. The van der Waals surface area contributed by atoms with Crippen LogP contribution in [0.1, 0.15) is 15.9 Å². The highest BCUT2D eigenvalue weighted by atomic mass is 16.5. The predicted octanol–water partition coefficient (Wildman–Crippen LogP) is 1.80. The molecule has 4 nitrogen and oxygen atoms in total. The summed E-state index contributed by atoms with van der Waals surface area (Å²) in [6.07, 6.45) is 0.572. The Morgan fingerprint density at radius 2 is 2.23 bits per heavy atom. The SMILES string of the molecule is O=Nc1cccc2c1CCOC2=O. The molecule has 0 saturated heterocycles. The van der Waals surface area contributed by atoms with Gasteiger partial charge in [0.05, 0.1) is 12.2 Å². The van der Waals surface area contributed by atoms with Gasteiger partial charge in [0.2, 0.25) is 0 Å². The van der Waals surface area contributed by atoms with E-state index in [1.54, 1.807) is 18.2 Å². The highest BCUT2D eigenvalue weighted by Gasteiger charge is 2.20. The number of carbonyl (C=O) groups excluding carboxylic acids is 1. The van der Waals surface area contributed by atoms with Crippen LogP contribution in [0.25, 0.3) is 0 Å². The van der Waals surface area contributed by atoms with Crippen LogP contribution in [-0.4, -0.2) is 12.6 Å². The molecule has 0 fully saturated rings. The Labute approximate surface area is 74.5 Å². The van der Waals surface area contributed by atoms with Crippen molar-refractivity contribution in [2.45, 2.75) is 6.42 Å². The Kier molecular flexibility index (Phi) is 1.81. The van der Waals surface area contributed by atoms with E-state index in [0.29, 0.717) is 29.8 Å². The Bertz CT molecular complexity index is 373. The fourth-order valence-corrected chi connectivity index (χ4v) is 1.44. The Hall–Kier alpha value is -1.71. The maximum Gasteiger partial charge on any atom is 0.338 e. The Balaban J connectivity index is 2.60. The molecule has 0 aromatic heterocycles. The van der Waals surface area contributed by atoms with E-state index in [-0.39, 0.29) is 5.97 Å². The second-order valence-electron chi connectivity index (χ2n) is 2.78. The summed E-state index contributed by atoms with van der Waals surface area (Å²) in [4.78, 5) is 21.6. The van der Waals surface area contributed by atoms with Crippen LogP contribution in [0.3, 0.4) is 0 Å². The van der Waals surface area contributed by atoms with Gasteiger partial charge in [0, 0.05) is 6.42 Å². The number of ether oxygens (including phenoxy) is 1. The monoisotopic (exact) mass is 177 g/mol. The van der Waals surface area contributed by atoms with Gasteiger partial charge in [0.15, 0.2) is 0 Å². The second-order valence-corrected chi connectivity index (χ2v) is 2.78. The van der Waals surface area contributed by atoms with Crippen LogP contribution in [0.2, 0.25) is 0 Å². The summed E-state index contributed by atoms with van der Waals surface area (Å²) >= 11 is 0. The number of esters is 1. The fourth-order valence-electron chi connectivity index (χ4n) is 1.44. The van der Waals surface area contributed by atoms with E-state index >= 15 is 0 Å². The highest BCUT2D eigenvalue weighted by Crippen LogP contribution is 2.26. The molecule has 0 saturated carbocycles. The molecule has 0 radical (unpaired) electrons. The molecule has 0 atom stereocenters. The molecule has 0 spiro atoms. The van der Waals surface area contributed by atoms with Crippen molar-refractivity contribution in [2.24, 2.45) is 5.18 Å². The van der Waals surface area contributed by atoms with Crippen LogP contribution < -0.4 is 0 Å². The van der Waals surface area contributed by atoms with Crippen molar-refractivity contribution < 1.29 is 9.53 Å². The molecular formula is C9H7NO3. The number of carbonyl (C=O) groups is 1. The molecule has 0 bridgehead atoms. The summed E-state index contributed by atoms with van der Waals surface area (Å²) in [6, 6.07) is 4.87. The van der Waals surface area contributed by atoms with E-state index < -0.39 is 0 Å². The third kappa shape index (κ3) is 1.20. The van der Waals surface area contributed by atoms with E-state index in [1.807, 2.05) is 0 Å². The number of hydrogen-bond donors (Lipinski definition) is 0. The Morgan fingerprint density at radius 1 is 1.38 bits per heavy atom. The van der Waals surface area contributed by atoms with Gasteiger partial charge in [-0.3, -0.25) is 0 Å². The van der Waals surface area contributed by atoms with Crippen molar-refractivity contribution in [3.05, 3.63) is 34.2 Å². The van der Waals surface area contributed by atoms with Crippen molar-refractivity contribution in [3.63, 3.8) is 0 Å². The van der Waals surface area contributed by atoms with Gasteiger partial charge in [-0.25, -0.2) is 4.79 Å². The predicted molar refractivity (Wildman–Crippen MR) is 45.9 cm³/mol. The standard InChI is InChI=1S/C9H7NO3/c11-9-7-2-1-3-8(10-12)6(7)4-5-13-9/h1-3H,4-5H2. The van der Waals surface area contributed by atoms with E-state index in [4.69, 9.17) is 4.74 Å². The molecule has 2 rings (SSSR count). The van der Waals surface area contributed by atoms with Gasteiger partial charge in [-0.1, -0.05) is 6.07 Å². The molecule has 1 aromatic carbocycles. The van der Waals surface area contributed by atoms with E-state index in [1.165, 1.54) is 0 Å². The van der Waals surface area contributed by atoms with Crippen molar-refractivity contribution in [1.29, 1.82) is 0 Å². The number of fused-ring (bicyclic) bond motifs is 1. The molecule has 0 unspecified atom stereocenters. The third-order valence-electron chi connectivity index (χ3n) is 2.05. The fraction of sp³-hybridized carbons (Fsp3) is 0.222. The van der Waals surface area contributed by atoms with Crippen molar-refractivity contribution in [2.75, 3.05) is 6.61 Å². The Morgan fingerprint density at radius 3 is 3.00 bits per heavy atom. The number of nitroso groups, excluding NO2 is 1. The molecule has 66 valence electrons. The minimum absolute atomic E-state index is 0.332. The van der Waals surface area contributed by atoms with Crippen LogP contribution in [0, 0.1) is 4.91 Å². The van der Waals surface area contributed by atoms with Crippen LogP contribution in [0.4, 0.5) is 5.69 Å². The lowest BCUT2D eigenvalue weighted by Crippen LogP contribution is -2.17. The molecule has 0 amide bonds. The molecule has 1 aromatic rings. The van der Waals surface area contributed by atoms with Gasteiger partial charge in [0.1, 0.15) is 5.69 Å². The van der Waals surface area contributed by atoms with Gasteiger partial charge >= 0.3 is 5.97 Å². The quantitative estimate of drug-likeness (QED) is 0.485. The molecule has 0 aliphatic carbocycles. The minimum atomic E-state index is -0.369. The zero-order chi connectivity index (χ0) is 9.26. The zero-order valence-corrected chi connectivity index (χ0v) is 6.82. The van der Waals surface area contributed by atoms with Crippen LogP contribution in [0.5, 0.6) is 0 Å². The third-order valence-corrected chi connectivity index (χ3v) is 2.05. The van der Waals surface area contributed by atoms with Gasteiger partial charge in [-0.05, 0) is 22.9 Å². The maximum absolute atomic E-state index is 11.2. The average Bonchev–Trinajstić information content (AvgIpc) is 2.18.